The van der Waals surface area contributed by atoms with Crippen molar-refractivity contribution in [3.05, 3.63) is 40.7 Å². The van der Waals surface area contributed by atoms with Crippen LogP contribution in [-0.4, -0.2) is 17.4 Å². The molecule has 18 heavy (non-hydrogen) atoms. The minimum Gasteiger partial charge on any atom is -0.487 e. The van der Waals surface area contributed by atoms with E-state index in [4.69, 9.17) is 4.74 Å². The fraction of sp³-hybridized carbons (Fsp3) is 0.385. The van der Waals surface area contributed by atoms with Gasteiger partial charge in [0.2, 0.25) is 0 Å². The Hall–Kier alpha value is -1.88. The van der Waals surface area contributed by atoms with Gasteiger partial charge in [-0.3, -0.25) is 0 Å². The first kappa shape index (κ1) is 12.6. The molecule has 0 radical (unpaired) electrons. The first-order valence-corrected chi connectivity index (χ1v) is 5.85. The minimum absolute atomic E-state index is 0.370. The Morgan fingerprint density at radius 3 is 2.78 bits per heavy atom. The first-order valence-electron chi connectivity index (χ1n) is 5.85. The molecule has 0 saturated heterocycles. The molecule has 5 nitrogen and oxygen atoms in total. The molecule has 0 spiro atoms. The van der Waals surface area contributed by atoms with Crippen molar-refractivity contribution in [2.45, 2.75) is 27.0 Å². The molecule has 0 bridgehead atoms. The number of nitrogens with zero attached hydrogens (tertiary/aromatic N) is 2. The molecule has 0 saturated carbocycles. The van der Waals surface area contributed by atoms with Gasteiger partial charge >= 0.3 is 0 Å². The van der Waals surface area contributed by atoms with Crippen molar-refractivity contribution in [3.63, 3.8) is 0 Å². The lowest BCUT2D eigenvalue weighted by molar-refractivity contribution is 0.268. The highest BCUT2D eigenvalue weighted by Gasteiger charge is 2.08. The lowest BCUT2D eigenvalue weighted by Crippen LogP contribution is -2.08. The summed E-state index contributed by atoms with van der Waals surface area (Å²) in [5.74, 6) is 0.859. The fourth-order valence-electron chi connectivity index (χ4n) is 1.70. The summed E-state index contributed by atoms with van der Waals surface area (Å²) in [5, 5.41) is 10.7. The molecule has 1 N–H and O–H groups in total. The smallest absolute Gasteiger partial charge is 0.145 e. The van der Waals surface area contributed by atoms with Crippen LogP contribution in [0.15, 0.2) is 22.8 Å². The van der Waals surface area contributed by atoms with Crippen LogP contribution in [-0.2, 0) is 13.2 Å². The number of aromatic nitrogens is 2. The molecule has 0 atom stereocenters. The van der Waals surface area contributed by atoms with E-state index in [2.05, 4.69) is 33.2 Å². The highest BCUT2D eigenvalue weighted by atomic mass is 16.6. The number of ether oxygens (including phenoxy) is 1. The lowest BCUT2D eigenvalue weighted by atomic mass is 10.1. The minimum atomic E-state index is 0.370. The van der Waals surface area contributed by atoms with Crippen molar-refractivity contribution in [3.8, 4) is 5.75 Å². The molecule has 96 valence electrons. The monoisotopic (exact) mass is 247 g/mol. The zero-order valence-electron chi connectivity index (χ0n) is 10.9. The number of aryl methyl sites for hydroxylation is 2. The van der Waals surface area contributed by atoms with Gasteiger partial charge in [0.05, 0.1) is 0 Å². The van der Waals surface area contributed by atoms with Gasteiger partial charge in [0.1, 0.15) is 23.7 Å². The third-order valence-electron chi connectivity index (χ3n) is 2.69. The molecule has 0 aliphatic heterocycles. The Balaban J connectivity index is 2.11. The maximum atomic E-state index is 5.77. The van der Waals surface area contributed by atoms with E-state index in [9.17, 15) is 0 Å². The number of hydrogen-bond donors (Lipinski definition) is 1. The van der Waals surface area contributed by atoms with Crippen molar-refractivity contribution in [1.82, 2.24) is 15.6 Å². The number of nitrogens with one attached hydrogen (secondary N) is 1. The van der Waals surface area contributed by atoms with Crippen LogP contribution in [0.2, 0.25) is 0 Å². The van der Waals surface area contributed by atoms with E-state index in [1.165, 1.54) is 5.56 Å². The largest absolute Gasteiger partial charge is 0.487 e. The van der Waals surface area contributed by atoms with E-state index in [1.807, 2.05) is 26.1 Å². The van der Waals surface area contributed by atoms with E-state index < -0.39 is 0 Å². The Bertz CT molecular complexity index is 523. The SMILES string of the molecule is CNCc1cc(C)ccc1OCc1nonc1C. The number of rotatable bonds is 5. The molecule has 2 rings (SSSR count). The van der Waals surface area contributed by atoms with Crippen LogP contribution in [0.4, 0.5) is 0 Å². The van der Waals surface area contributed by atoms with Gasteiger partial charge in [-0.2, -0.15) is 0 Å². The van der Waals surface area contributed by atoms with Gasteiger partial charge in [-0.1, -0.05) is 28.0 Å². The summed E-state index contributed by atoms with van der Waals surface area (Å²) < 4.78 is 10.4. The van der Waals surface area contributed by atoms with E-state index >= 15 is 0 Å². The third kappa shape index (κ3) is 2.87. The molecule has 0 aliphatic carbocycles. The second-order valence-electron chi connectivity index (χ2n) is 4.23. The zero-order chi connectivity index (χ0) is 13.0. The molecule has 5 heteroatoms. The molecule has 2 aromatic rings. The summed E-state index contributed by atoms with van der Waals surface area (Å²) in [5.41, 5.74) is 3.83. The molecule has 0 amide bonds. The Labute approximate surface area is 106 Å². The molecule has 1 aromatic heterocycles. The van der Waals surface area contributed by atoms with Crippen LogP contribution in [0.5, 0.6) is 5.75 Å². The fourth-order valence-corrected chi connectivity index (χ4v) is 1.70. The van der Waals surface area contributed by atoms with Crippen molar-refractivity contribution in [2.24, 2.45) is 0 Å². The van der Waals surface area contributed by atoms with Crippen molar-refractivity contribution in [1.29, 1.82) is 0 Å². The van der Waals surface area contributed by atoms with E-state index in [1.54, 1.807) is 0 Å². The molecule has 0 unspecified atom stereocenters. The van der Waals surface area contributed by atoms with Gasteiger partial charge in [0, 0.05) is 12.1 Å². The highest BCUT2D eigenvalue weighted by molar-refractivity contribution is 5.37. The standard InChI is InChI=1S/C13H17N3O2/c1-9-4-5-13(11(6-9)7-14-3)17-8-12-10(2)15-18-16-12/h4-6,14H,7-8H2,1-3H3. The highest BCUT2D eigenvalue weighted by Crippen LogP contribution is 2.21. The van der Waals surface area contributed by atoms with E-state index in [0.717, 1.165) is 29.2 Å². The van der Waals surface area contributed by atoms with Crippen LogP contribution in [0, 0.1) is 13.8 Å². The average Bonchev–Trinajstić information content (AvgIpc) is 2.74. The quantitative estimate of drug-likeness (QED) is 0.875. The summed E-state index contributed by atoms with van der Waals surface area (Å²) in [6.45, 7) is 5.05. The van der Waals surface area contributed by atoms with Gasteiger partial charge in [-0.05, 0) is 27.0 Å². The summed E-state index contributed by atoms with van der Waals surface area (Å²) in [6, 6.07) is 6.12. The topological polar surface area (TPSA) is 60.2 Å². The zero-order valence-corrected chi connectivity index (χ0v) is 10.9. The van der Waals surface area contributed by atoms with Gasteiger partial charge < -0.3 is 10.1 Å². The predicted octanol–water partition coefficient (Wildman–Crippen LogP) is 1.98. The van der Waals surface area contributed by atoms with Crippen molar-refractivity contribution < 1.29 is 9.37 Å². The normalized spacial score (nSPS) is 10.6. The second-order valence-corrected chi connectivity index (χ2v) is 4.23. The molecular formula is C13H17N3O2. The molecule has 1 aromatic carbocycles. The summed E-state index contributed by atoms with van der Waals surface area (Å²) in [6.07, 6.45) is 0. The second kappa shape index (κ2) is 5.64. The maximum Gasteiger partial charge on any atom is 0.145 e. The van der Waals surface area contributed by atoms with Crippen molar-refractivity contribution >= 4 is 0 Å². The van der Waals surface area contributed by atoms with Gasteiger partial charge in [-0.25, -0.2) is 4.63 Å². The van der Waals surface area contributed by atoms with Crippen LogP contribution in [0.25, 0.3) is 0 Å². The van der Waals surface area contributed by atoms with Gasteiger partial charge in [0.15, 0.2) is 0 Å². The third-order valence-corrected chi connectivity index (χ3v) is 2.69. The van der Waals surface area contributed by atoms with Crippen LogP contribution in [0.3, 0.4) is 0 Å². The summed E-state index contributed by atoms with van der Waals surface area (Å²) >= 11 is 0. The first-order chi connectivity index (χ1) is 8.70. The Morgan fingerprint density at radius 1 is 1.28 bits per heavy atom. The average molecular weight is 247 g/mol. The van der Waals surface area contributed by atoms with Gasteiger partial charge in [-0.15, -0.1) is 0 Å². The Morgan fingerprint density at radius 2 is 2.11 bits per heavy atom. The Kier molecular flexibility index (Phi) is 3.94. The van der Waals surface area contributed by atoms with E-state index in [-0.39, 0.29) is 0 Å². The van der Waals surface area contributed by atoms with E-state index in [0.29, 0.717) is 6.61 Å². The van der Waals surface area contributed by atoms with Crippen LogP contribution < -0.4 is 10.1 Å². The molecule has 1 heterocycles. The van der Waals surface area contributed by atoms with Crippen molar-refractivity contribution in [2.75, 3.05) is 7.05 Å². The molecule has 0 fully saturated rings. The lowest BCUT2D eigenvalue weighted by Gasteiger charge is -2.11. The summed E-state index contributed by atoms with van der Waals surface area (Å²) in [7, 11) is 1.91. The summed E-state index contributed by atoms with van der Waals surface area (Å²) in [4.78, 5) is 0. The number of hydrogen-bond acceptors (Lipinski definition) is 5. The predicted molar refractivity (Wildman–Crippen MR) is 67.3 cm³/mol. The molecular weight excluding hydrogens is 230 g/mol. The maximum absolute atomic E-state index is 5.77. The molecule has 0 aliphatic rings. The van der Waals surface area contributed by atoms with Crippen LogP contribution in [0.1, 0.15) is 22.5 Å². The van der Waals surface area contributed by atoms with Gasteiger partial charge in [0.25, 0.3) is 0 Å². The number of benzene rings is 1. The van der Waals surface area contributed by atoms with Crippen LogP contribution >= 0.6 is 0 Å².